The zero-order chi connectivity index (χ0) is 19.7. The number of benzene rings is 1. The number of alkyl halides is 3. The molecule has 10 heteroatoms. The second kappa shape index (κ2) is 7.02. The predicted molar refractivity (Wildman–Crippen MR) is 99.7 cm³/mol. The van der Waals surface area contributed by atoms with Gasteiger partial charge in [-0.05, 0) is 36.8 Å². The fourth-order valence-electron chi connectivity index (χ4n) is 3.09. The Morgan fingerprint density at radius 1 is 1.14 bits per heavy atom. The fourth-order valence-corrected chi connectivity index (χ4v) is 3.09. The highest BCUT2D eigenvalue weighted by Crippen LogP contribution is 2.26. The van der Waals surface area contributed by atoms with Crippen LogP contribution in [0.1, 0.15) is 12.8 Å². The summed E-state index contributed by atoms with van der Waals surface area (Å²) in [4.78, 5) is 24.9. The third-order valence-corrected chi connectivity index (χ3v) is 4.38. The number of rotatable bonds is 5. The summed E-state index contributed by atoms with van der Waals surface area (Å²) >= 11 is 0. The number of nitrogens with zero attached hydrogens (tertiary/aromatic N) is 3. The number of aromatic nitrogens is 3. The van der Waals surface area contributed by atoms with E-state index in [-0.39, 0.29) is 17.7 Å². The smallest absolute Gasteiger partial charge is 0.360 e. The molecule has 7 nitrogen and oxygen atoms in total. The van der Waals surface area contributed by atoms with Gasteiger partial charge in [0, 0.05) is 30.5 Å². The molecule has 3 aromatic rings. The van der Waals surface area contributed by atoms with Crippen molar-refractivity contribution in [1.82, 2.24) is 15.0 Å². The Kier molecular flexibility index (Phi) is 4.54. The van der Waals surface area contributed by atoms with E-state index < -0.39 is 12.7 Å². The number of H-pyrrole nitrogens is 1. The highest BCUT2D eigenvalue weighted by molar-refractivity contribution is 5.95. The second-order valence-electron chi connectivity index (χ2n) is 6.43. The van der Waals surface area contributed by atoms with Gasteiger partial charge in [0.25, 0.3) is 0 Å². The first-order valence-electron chi connectivity index (χ1n) is 8.72. The highest BCUT2D eigenvalue weighted by Gasteiger charge is 2.27. The van der Waals surface area contributed by atoms with E-state index in [0.717, 1.165) is 12.1 Å². The van der Waals surface area contributed by atoms with Gasteiger partial charge in [-0.1, -0.05) is 0 Å². The highest BCUT2D eigenvalue weighted by atomic mass is 19.4. The first kappa shape index (κ1) is 18.1. The van der Waals surface area contributed by atoms with E-state index in [4.69, 9.17) is 0 Å². The van der Waals surface area contributed by atoms with E-state index in [1.165, 1.54) is 0 Å². The number of fused-ring (bicyclic) bond motifs is 1. The van der Waals surface area contributed by atoms with Crippen LogP contribution in [-0.4, -0.2) is 40.1 Å². The Balaban J connectivity index is 1.55. The molecule has 0 radical (unpaired) electrons. The second-order valence-corrected chi connectivity index (χ2v) is 6.43. The van der Waals surface area contributed by atoms with Crippen LogP contribution in [0.25, 0.3) is 11.0 Å². The molecule has 2 aromatic heterocycles. The zero-order valence-electron chi connectivity index (χ0n) is 14.7. The first-order chi connectivity index (χ1) is 13.4. The van der Waals surface area contributed by atoms with Crippen molar-refractivity contribution >= 4 is 40.1 Å². The van der Waals surface area contributed by atoms with Gasteiger partial charge in [0.2, 0.25) is 11.9 Å². The SMILES string of the molecule is O=C1CCCN1c1ccc(Nc2nc(NCC(F)(F)F)c3cc[nH]c3n2)cc1. The number of carbonyl (C=O) groups is 1. The van der Waals surface area contributed by atoms with Crippen molar-refractivity contribution in [3.05, 3.63) is 36.5 Å². The lowest BCUT2D eigenvalue weighted by molar-refractivity contribution is -0.117. The molecule has 3 N–H and O–H groups in total. The molecule has 0 bridgehead atoms. The van der Waals surface area contributed by atoms with Crippen molar-refractivity contribution in [2.24, 2.45) is 0 Å². The number of carbonyl (C=O) groups excluding carboxylic acids is 1. The van der Waals surface area contributed by atoms with Gasteiger partial charge in [0.1, 0.15) is 18.0 Å². The van der Waals surface area contributed by atoms with Crippen LogP contribution in [0.5, 0.6) is 0 Å². The quantitative estimate of drug-likeness (QED) is 0.617. The minimum atomic E-state index is -4.36. The van der Waals surface area contributed by atoms with E-state index in [1.54, 1.807) is 29.3 Å². The minimum absolute atomic E-state index is 0.0883. The normalized spacial score (nSPS) is 14.7. The molecule has 1 amide bonds. The number of amides is 1. The van der Waals surface area contributed by atoms with Crippen LogP contribution < -0.4 is 15.5 Å². The molecule has 0 aliphatic carbocycles. The third-order valence-electron chi connectivity index (χ3n) is 4.38. The molecule has 1 aliphatic rings. The summed E-state index contributed by atoms with van der Waals surface area (Å²) in [5.74, 6) is 0.344. The number of hydrogen-bond acceptors (Lipinski definition) is 5. The monoisotopic (exact) mass is 390 g/mol. The lowest BCUT2D eigenvalue weighted by Gasteiger charge is -2.16. The Hall–Kier alpha value is -3.30. The van der Waals surface area contributed by atoms with Crippen LogP contribution in [0.15, 0.2) is 36.5 Å². The fraction of sp³-hybridized carbons (Fsp3) is 0.278. The first-order valence-corrected chi connectivity index (χ1v) is 8.72. The molecule has 0 atom stereocenters. The van der Waals surface area contributed by atoms with Crippen molar-refractivity contribution in [2.45, 2.75) is 19.0 Å². The average Bonchev–Trinajstić information content (AvgIpc) is 3.28. The third kappa shape index (κ3) is 3.85. The summed E-state index contributed by atoms with van der Waals surface area (Å²) in [6, 6.07) is 8.76. The van der Waals surface area contributed by atoms with E-state index >= 15 is 0 Å². The van der Waals surface area contributed by atoms with Crippen LogP contribution in [-0.2, 0) is 4.79 Å². The molecule has 0 unspecified atom stereocenters. The van der Waals surface area contributed by atoms with E-state index in [2.05, 4.69) is 25.6 Å². The molecule has 1 aromatic carbocycles. The lowest BCUT2D eigenvalue weighted by atomic mass is 10.2. The number of halogens is 3. The summed E-state index contributed by atoms with van der Waals surface area (Å²) < 4.78 is 37.7. The molecular formula is C18H17F3N6O. The zero-order valence-corrected chi connectivity index (χ0v) is 14.7. The number of anilines is 4. The van der Waals surface area contributed by atoms with Crippen molar-refractivity contribution in [3.63, 3.8) is 0 Å². The summed E-state index contributed by atoms with van der Waals surface area (Å²) in [6.45, 7) is -0.491. The largest absolute Gasteiger partial charge is 0.405 e. The molecule has 1 aliphatic heterocycles. The number of aromatic amines is 1. The minimum Gasteiger partial charge on any atom is -0.360 e. The molecule has 146 valence electrons. The molecule has 0 spiro atoms. The Bertz CT molecular complexity index is 999. The molecule has 4 rings (SSSR count). The van der Waals surface area contributed by atoms with E-state index in [0.29, 0.717) is 29.7 Å². The average molecular weight is 390 g/mol. The molecule has 28 heavy (non-hydrogen) atoms. The standard InChI is InChI=1S/C18H17F3N6O/c19-18(20,21)10-23-16-13-7-8-22-15(13)25-17(26-16)24-11-3-5-12(6-4-11)27-9-1-2-14(27)28/h3-8H,1-2,9-10H2,(H3,22,23,24,25,26). The summed E-state index contributed by atoms with van der Waals surface area (Å²) in [5.41, 5.74) is 1.88. The topological polar surface area (TPSA) is 85.9 Å². The number of hydrogen-bond donors (Lipinski definition) is 3. The number of nitrogens with one attached hydrogen (secondary N) is 3. The molecule has 1 fully saturated rings. The predicted octanol–water partition coefficient (Wildman–Crippen LogP) is 3.80. The Morgan fingerprint density at radius 2 is 1.93 bits per heavy atom. The van der Waals surface area contributed by atoms with Crippen molar-refractivity contribution < 1.29 is 18.0 Å². The molecular weight excluding hydrogens is 373 g/mol. The van der Waals surface area contributed by atoms with Gasteiger partial charge in [0.05, 0.1) is 5.39 Å². The van der Waals surface area contributed by atoms with Crippen LogP contribution in [0.2, 0.25) is 0 Å². The molecule has 0 saturated carbocycles. The van der Waals surface area contributed by atoms with Gasteiger partial charge in [-0.2, -0.15) is 23.1 Å². The summed E-state index contributed by atoms with van der Waals surface area (Å²) in [7, 11) is 0. The molecule has 3 heterocycles. The van der Waals surface area contributed by atoms with Gasteiger partial charge in [-0.15, -0.1) is 0 Å². The summed E-state index contributed by atoms with van der Waals surface area (Å²) in [5, 5.41) is 5.77. The van der Waals surface area contributed by atoms with Crippen molar-refractivity contribution in [1.29, 1.82) is 0 Å². The van der Waals surface area contributed by atoms with Crippen LogP contribution in [0.3, 0.4) is 0 Å². The van der Waals surface area contributed by atoms with Gasteiger partial charge >= 0.3 is 6.18 Å². The maximum Gasteiger partial charge on any atom is 0.405 e. The maximum absolute atomic E-state index is 12.6. The van der Waals surface area contributed by atoms with Gasteiger partial charge in [-0.25, -0.2) is 0 Å². The van der Waals surface area contributed by atoms with E-state index in [1.807, 2.05) is 12.1 Å². The van der Waals surface area contributed by atoms with Crippen LogP contribution in [0.4, 0.5) is 36.3 Å². The van der Waals surface area contributed by atoms with Crippen LogP contribution in [0, 0.1) is 0 Å². The Labute approximate surface area is 158 Å². The summed E-state index contributed by atoms with van der Waals surface area (Å²) in [6.07, 6.45) is -1.37. The van der Waals surface area contributed by atoms with Crippen molar-refractivity contribution in [2.75, 3.05) is 28.6 Å². The van der Waals surface area contributed by atoms with E-state index in [9.17, 15) is 18.0 Å². The molecule has 1 saturated heterocycles. The van der Waals surface area contributed by atoms with Crippen LogP contribution >= 0.6 is 0 Å². The van der Waals surface area contributed by atoms with Gasteiger partial charge in [-0.3, -0.25) is 4.79 Å². The van der Waals surface area contributed by atoms with Crippen molar-refractivity contribution in [3.8, 4) is 0 Å². The lowest BCUT2D eigenvalue weighted by Crippen LogP contribution is -2.23. The maximum atomic E-state index is 12.6. The van der Waals surface area contributed by atoms with Gasteiger partial charge < -0.3 is 20.5 Å². The Morgan fingerprint density at radius 3 is 2.61 bits per heavy atom. The van der Waals surface area contributed by atoms with Gasteiger partial charge in [0.15, 0.2) is 0 Å².